The summed E-state index contributed by atoms with van der Waals surface area (Å²) in [5.74, 6) is 1.17. The lowest BCUT2D eigenvalue weighted by Gasteiger charge is -2.36. The Labute approximate surface area is 161 Å². The Kier molecular flexibility index (Phi) is 4.81. The predicted octanol–water partition coefficient (Wildman–Crippen LogP) is 5.46. The maximum atomic E-state index is 13.3. The number of ketones is 1. The molecule has 0 radical (unpaired) electrons. The number of Topliss-reactive ketones (excluding diaryl/α,β-unsaturated/α-hetero) is 1. The molecule has 1 spiro atoms. The summed E-state index contributed by atoms with van der Waals surface area (Å²) < 4.78 is 11.3. The van der Waals surface area contributed by atoms with Crippen LogP contribution in [0.5, 0.6) is 5.75 Å². The van der Waals surface area contributed by atoms with Gasteiger partial charge < -0.3 is 9.47 Å². The Morgan fingerprint density at radius 2 is 1.78 bits per heavy atom. The molecule has 2 aliphatic carbocycles. The van der Waals surface area contributed by atoms with Gasteiger partial charge in [0.25, 0.3) is 0 Å². The van der Waals surface area contributed by atoms with Gasteiger partial charge in [-0.05, 0) is 80.8 Å². The zero-order chi connectivity index (χ0) is 19.0. The van der Waals surface area contributed by atoms with Gasteiger partial charge in [-0.15, -0.1) is 0 Å². The minimum Gasteiger partial charge on any atom is -0.497 e. The highest BCUT2D eigenvalue weighted by Gasteiger charge is 2.47. The maximum Gasteiger partial charge on any atom is 0.169 e. The Hall–Kier alpha value is -2.13. The van der Waals surface area contributed by atoms with E-state index in [1.807, 2.05) is 18.2 Å². The smallest absolute Gasteiger partial charge is 0.169 e. The quantitative estimate of drug-likeness (QED) is 0.723. The van der Waals surface area contributed by atoms with E-state index in [0.717, 1.165) is 54.5 Å². The van der Waals surface area contributed by atoms with Crippen molar-refractivity contribution in [3.63, 3.8) is 0 Å². The van der Waals surface area contributed by atoms with Gasteiger partial charge >= 0.3 is 0 Å². The molecule has 3 heteroatoms. The number of hydrogen-bond acceptors (Lipinski definition) is 3. The molecule has 0 heterocycles. The van der Waals surface area contributed by atoms with Gasteiger partial charge in [0.15, 0.2) is 5.78 Å². The third-order valence-corrected chi connectivity index (χ3v) is 6.12. The first-order valence-corrected chi connectivity index (χ1v) is 9.98. The fourth-order valence-corrected chi connectivity index (χ4v) is 4.72. The first-order valence-electron chi connectivity index (χ1n) is 9.98. The van der Waals surface area contributed by atoms with E-state index in [9.17, 15) is 4.79 Å². The van der Waals surface area contributed by atoms with Gasteiger partial charge in [0, 0.05) is 11.0 Å². The molecule has 0 aliphatic heterocycles. The van der Waals surface area contributed by atoms with Crippen molar-refractivity contribution < 1.29 is 14.3 Å². The van der Waals surface area contributed by atoms with E-state index in [-0.39, 0.29) is 11.5 Å². The van der Waals surface area contributed by atoms with E-state index in [0.29, 0.717) is 11.9 Å². The summed E-state index contributed by atoms with van der Waals surface area (Å²) >= 11 is 0. The Morgan fingerprint density at radius 3 is 2.48 bits per heavy atom. The number of hydrogen-bond donors (Lipinski definition) is 0. The van der Waals surface area contributed by atoms with E-state index in [1.165, 1.54) is 5.56 Å². The molecular formula is C24H28O3. The molecule has 1 fully saturated rings. The van der Waals surface area contributed by atoms with Gasteiger partial charge in [0.2, 0.25) is 0 Å². The van der Waals surface area contributed by atoms with Gasteiger partial charge in [0.05, 0.1) is 19.3 Å². The van der Waals surface area contributed by atoms with E-state index in [4.69, 9.17) is 9.47 Å². The van der Waals surface area contributed by atoms with Crippen LogP contribution in [0.1, 0.15) is 55.5 Å². The largest absolute Gasteiger partial charge is 0.497 e. The first-order chi connectivity index (χ1) is 13.0. The molecule has 1 saturated carbocycles. The van der Waals surface area contributed by atoms with Gasteiger partial charge in [-0.1, -0.05) is 24.3 Å². The zero-order valence-electron chi connectivity index (χ0n) is 16.5. The average molecular weight is 364 g/mol. The normalized spacial score (nSPS) is 24.4. The topological polar surface area (TPSA) is 35.5 Å². The van der Waals surface area contributed by atoms with E-state index in [2.05, 4.69) is 38.1 Å². The second-order valence-corrected chi connectivity index (χ2v) is 8.27. The summed E-state index contributed by atoms with van der Waals surface area (Å²) in [6.07, 6.45) is 5.29. The first kappa shape index (κ1) is 18.2. The number of fused-ring (bicyclic) bond motifs is 1. The summed E-state index contributed by atoms with van der Waals surface area (Å²) in [6.45, 7) is 4.17. The van der Waals surface area contributed by atoms with Crippen LogP contribution in [0.4, 0.5) is 0 Å². The fourth-order valence-electron chi connectivity index (χ4n) is 4.72. The highest BCUT2D eigenvalue weighted by molar-refractivity contribution is 6.05. The Morgan fingerprint density at radius 1 is 1.04 bits per heavy atom. The van der Waals surface area contributed by atoms with Crippen molar-refractivity contribution in [2.24, 2.45) is 5.41 Å². The molecular weight excluding hydrogens is 336 g/mol. The molecule has 4 rings (SSSR count). The number of rotatable bonds is 4. The van der Waals surface area contributed by atoms with E-state index >= 15 is 0 Å². The molecule has 142 valence electrons. The molecule has 3 nitrogen and oxygen atoms in total. The number of carbonyl (C=O) groups excluding carboxylic acids is 1. The highest BCUT2D eigenvalue weighted by Crippen LogP contribution is 2.48. The van der Waals surface area contributed by atoms with Gasteiger partial charge in [-0.3, -0.25) is 4.79 Å². The van der Waals surface area contributed by atoms with E-state index in [1.54, 1.807) is 7.11 Å². The predicted molar refractivity (Wildman–Crippen MR) is 107 cm³/mol. The Balaban J connectivity index is 1.57. The average Bonchev–Trinajstić information content (AvgIpc) is 2.95. The number of carbonyl (C=O) groups is 1. The van der Waals surface area contributed by atoms with Crippen molar-refractivity contribution in [2.75, 3.05) is 7.11 Å². The van der Waals surface area contributed by atoms with E-state index < -0.39 is 0 Å². The van der Waals surface area contributed by atoms with Crippen LogP contribution < -0.4 is 4.74 Å². The van der Waals surface area contributed by atoms with Crippen LogP contribution in [0.15, 0.2) is 42.5 Å². The number of methoxy groups -OCH3 is 1. The lowest BCUT2D eigenvalue weighted by Crippen LogP contribution is -2.36. The van der Waals surface area contributed by atoms with Gasteiger partial charge in [-0.2, -0.15) is 0 Å². The van der Waals surface area contributed by atoms with Crippen LogP contribution in [0.3, 0.4) is 0 Å². The molecule has 0 unspecified atom stereocenters. The minimum absolute atomic E-state index is 0.202. The molecule has 0 N–H and O–H groups in total. The van der Waals surface area contributed by atoms with Crippen LogP contribution in [0.25, 0.3) is 11.1 Å². The van der Waals surface area contributed by atoms with Crippen LogP contribution in [-0.2, 0) is 11.2 Å². The third kappa shape index (κ3) is 3.41. The summed E-state index contributed by atoms with van der Waals surface area (Å²) in [5.41, 5.74) is 4.08. The van der Waals surface area contributed by atoms with Crippen molar-refractivity contribution in [3.05, 3.63) is 53.6 Å². The number of ether oxygens (including phenoxy) is 2. The standard InChI is InChI=1S/C24H28O3/c1-16(2)27-20-9-11-24(12-10-20)15-19-8-7-18(14-22(19)23(24)25)17-5-4-6-21(13-17)26-3/h4-8,13-14,16,20H,9-12,15H2,1-3H3/t20-,24-. The number of benzene rings is 2. The lowest BCUT2D eigenvalue weighted by atomic mass is 9.70. The second kappa shape index (κ2) is 7.12. The maximum absolute atomic E-state index is 13.3. The minimum atomic E-state index is -0.202. The summed E-state index contributed by atoms with van der Waals surface area (Å²) in [6, 6.07) is 14.4. The van der Waals surface area contributed by atoms with Crippen molar-refractivity contribution in [1.29, 1.82) is 0 Å². The van der Waals surface area contributed by atoms with Crippen LogP contribution in [0.2, 0.25) is 0 Å². The SMILES string of the molecule is COc1cccc(-c2ccc3c(c2)C(=O)[C@]2(CC[C@H](OC(C)C)CC2)C3)c1. The molecule has 0 aromatic heterocycles. The second-order valence-electron chi connectivity index (χ2n) is 8.27. The molecule has 0 saturated heterocycles. The summed E-state index contributed by atoms with van der Waals surface area (Å²) in [7, 11) is 1.68. The van der Waals surface area contributed by atoms with Crippen molar-refractivity contribution in [1.82, 2.24) is 0 Å². The van der Waals surface area contributed by atoms with Gasteiger partial charge in [-0.25, -0.2) is 0 Å². The fraction of sp³-hybridized carbons (Fsp3) is 0.458. The molecule has 2 aliphatic rings. The molecule has 2 aromatic carbocycles. The highest BCUT2D eigenvalue weighted by atomic mass is 16.5. The van der Waals surface area contributed by atoms with Crippen LogP contribution >= 0.6 is 0 Å². The summed E-state index contributed by atoms with van der Waals surface area (Å²) in [4.78, 5) is 13.3. The molecule has 0 amide bonds. The van der Waals surface area contributed by atoms with Crippen molar-refractivity contribution >= 4 is 5.78 Å². The summed E-state index contributed by atoms with van der Waals surface area (Å²) in [5, 5.41) is 0. The third-order valence-electron chi connectivity index (χ3n) is 6.12. The van der Waals surface area contributed by atoms with Crippen LogP contribution in [0, 0.1) is 5.41 Å². The van der Waals surface area contributed by atoms with Gasteiger partial charge in [0.1, 0.15) is 5.75 Å². The molecule has 0 bridgehead atoms. The Bertz CT molecular complexity index is 844. The van der Waals surface area contributed by atoms with Crippen LogP contribution in [-0.4, -0.2) is 25.1 Å². The molecule has 2 aromatic rings. The van der Waals surface area contributed by atoms with Crippen molar-refractivity contribution in [3.8, 4) is 16.9 Å². The van der Waals surface area contributed by atoms with Crippen molar-refractivity contribution in [2.45, 2.75) is 58.2 Å². The zero-order valence-corrected chi connectivity index (χ0v) is 16.5. The molecule has 0 atom stereocenters. The molecule has 27 heavy (non-hydrogen) atoms. The lowest BCUT2D eigenvalue weighted by molar-refractivity contribution is -0.0298. The monoisotopic (exact) mass is 364 g/mol.